The highest BCUT2D eigenvalue weighted by atomic mass is 35.5. The Balaban J connectivity index is 1.85. The number of amides is 1. The van der Waals surface area contributed by atoms with Crippen LogP contribution in [0.2, 0.25) is 0 Å². The molecule has 1 aliphatic rings. The van der Waals surface area contributed by atoms with Crippen molar-refractivity contribution in [1.29, 1.82) is 0 Å². The Hall–Kier alpha value is -1.61. The molecule has 1 fully saturated rings. The highest BCUT2D eigenvalue weighted by molar-refractivity contribution is 6.21. The standard InChI is InChI=1S/C16H17ClN2O/c17-13-8-1-2-9-14(13)19-16(20)12-7-3-5-11-6-4-10-18-15(11)12/h3-7,10,13-14H,1-2,8-9H2,(H,19,20). The quantitative estimate of drug-likeness (QED) is 0.859. The van der Waals surface area contributed by atoms with E-state index in [0.29, 0.717) is 5.56 Å². The number of carbonyl (C=O) groups is 1. The first-order valence-corrected chi connectivity index (χ1v) is 7.48. The van der Waals surface area contributed by atoms with Gasteiger partial charge in [-0.2, -0.15) is 0 Å². The van der Waals surface area contributed by atoms with Gasteiger partial charge in [0.1, 0.15) is 0 Å². The highest BCUT2D eigenvalue weighted by Crippen LogP contribution is 2.24. The number of hydrogen-bond donors (Lipinski definition) is 1. The van der Waals surface area contributed by atoms with Crippen molar-refractivity contribution in [3.63, 3.8) is 0 Å². The van der Waals surface area contributed by atoms with E-state index >= 15 is 0 Å². The first-order chi connectivity index (χ1) is 9.75. The molecule has 0 spiro atoms. The monoisotopic (exact) mass is 288 g/mol. The van der Waals surface area contributed by atoms with Crippen molar-refractivity contribution in [3.8, 4) is 0 Å². The summed E-state index contributed by atoms with van der Waals surface area (Å²) in [7, 11) is 0. The second-order valence-electron chi connectivity index (χ2n) is 5.26. The molecule has 1 aromatic carbocycles. The van der Waals surface area contributed by atoms with Crippen LogP contribution in [0.5, 0.6) is 0 Å². The molecule has 3 nitrogen and oxygen atoms in total. The van der Waals surface area contributed by atoms with Gasteiger partial charge in [0.05, 0.1) is 16.5 Å². The van der Waals surface area contributed by atoms with Crippen molar-refractivity contribution < 1.29 is 4.79 Å². The van der Waals surface area contributed by atoms with Crippen LogP contribution in [-0.2, 0) is 0 Å². The number of pyridine rings is 1. The third-order valence-electron chi connectivity index (χ3n) is 3.88. The first-order valence-electron chi connectivity index (χ1n) is 7.04. The summed E-state index contributed by atoms with van der Waals surface area (Å²) in [6.45, 7) is 0. The van der Waals surface area contributed by atoms with E-state index in [1.807, 2.05) is 30.3 Å². The van der Waals surface area contributed by atoms with Gasteiger partial charge in [-0.3, -0.25) is 9.78 Å². The Labute approximate surface area is 123 Å². The van der Waals surface area contributed by atoms with Crippen LogP contribution in [0.4, 0.5) is 0 Å². The second-order valence-corrected chi connectivity index (χ2v) is 5.82. The average molecular weight is 289 g/mol. The van der Waals surface area contributed by atoms with Gasteiger partial charge >= 0.3 is 0 Å². The lowest BCUT2D eigenvalue weighted by atomic mass is 9.94. The van der Waals surface area contributed by atoms with Crippen LogP contribution < -0.4 is 5.32 Å². The lowest BCUT2D eigenvalue weighted by Gasteiger charge is -2.27. The van der Waals surface area contributed by atoms with Gasteiger partial charge in [0.2, 0.25) is 0 Å². The maximum Gasteiger partial charge on any atom is 0.253 e. The third-order valence-corrected chi connectivity index (χ3v) is 4.40. The number of halogens is 1. The molecule has 1 heterocycles. The molecular weight excluding hydrogens is 272 g/mol. The van der Waals surface area contributed by atoms with Crippen molar-refractivity contribution in [2.75, 3.05) is 0 Å². The van der Waals surface area contributed by atoms with Crippen molar-refractivity contribution in [2.45, 2.75) is 37.1 Å². The number of nitrogens with zero attached hydrogens (tertiary/aromatic N) is 1. The summed E-state index contributed by atoms with van der Waals surface area (Å²) < 4.78 is 0. The van der Waals surface area contributed by atoms with E-state index in [-0.39, 0.29) is 17.3 Å². The van der Waals surface area contributed by atoms with Gasteiger partial charge in [0.15, 0.2) is 0 Å². The summed E-state index contributed by atoms with van der Waals surface area (Å²) in [5, 5.41) is 4.08. The molecule has 2 aromatic rings. The van der Waals surface area contributed by atoms with E-state index in [1.54, 1.807) is 6.20 Å². The second kappa shape index (κ2) is 5.80. The molecule has 1 saturated carbocycles. The minimum absolute atomic E-state index is 0.0376. The molecule has 2 atom stereocenters. The normalized spacial score (nSPS) is 22.6. The maximum absolute atomic E-state index is 12.5. The van der Waals surface area contributed by atoms with Crippen molar-refractivity contribution in [2.24, 2.45) is 0 Å². The highest BCUT2D eigenvalue weighted by Gasteiger charge is 2.25. The minimum atomic E-state index is -0.0770. The zero-order chi connectivity index (χ0) is 13.9. The fraction of sp³-hybridized carbons (Fsp3) is 0.375. The topological polar surface area (TPSA) is 42.0 Å². The number of hydrogen-bond acceptors (Lipinski definition) is 2. The molecule has 1 amide bonds. The van der Waals surface area contributed by atoms with Crippen molar-refractivity contribution in [1.82, 2.24) is 10.3 Å². The molecule has 1 aliphatic carbocycles. The van der Waals surface area contributed by atoms with E-state index in [4.69, 9.17) is 11.6 Å². The van der Waals surface area contributed by atoms with E-state index in [1.165, 1.54) is 0 Å². The molecule has 20 heavy (non-hydrogen) atoms. The van der Waals surface area contributed by atoms with E-state index in [9.17, 15) is 4.79 Å². The van der Waals surface area contributed by atoms with Gasteiger partial charge in [-0.1, -0.05) is 31.0 Å². The van der Waals surface area contributed by atoms with Crippen LogP contribution >= 0.6 is 11.6 Å². The van der Waals surface area contributed by atoms with Crippen molar-refractivity contribution >= 4 is 28.4 Å². The van der Waals surface area contributed by atoms with Crippen LogP contribution in [0, 0.1) is 0 Å². The molecule has 104 valence electrons. The maximum atomic E-state index is 12.5. The van der Waals surface area contributed by atoms with Gasteiger partial charge in [-0.15, -0.1) is 11.6 Å². The summed E-state index contributed by atoms with van der Waals surface area (Å²) in [4.78, 5) is 16.8. The van der Waals surface area contributed by atoms with Crippen LogP contribution in [0.3, 0.4) is 0 Å². The first kappa shape index (κ1) is 13.4. The van der Waals surface area contributed by atoms with Gasteiger partial charge in [-0.25, -0.2) is 0 Å². The summed E-state index contributed by atoms with van der Waals surface area (Å²) in [6, 6.07) is 9.57. The molecule has 1 aromatic heterocycles. The summed E-state index contributed by atoms with van der Waals surface area (Å²) in [5.41, 5.74) is 1.37. The summed E-state index contributed by atoms with van der Waals surface area (Å²) in [6.07, 6.45) is 5.92. The lowest BCUT2D eigenvalue weighted by molar-refractivity contribution is 0.0930. The number of aromatic nitrogens is 1. The Bertz CT molecular complexity index is 623. The third kappa shape index (κ3) is 2.63. The number of rotatable bonds is 2. The number of fused-ring (bicyclic) bond motifs is 1. The van der Waals surface area contributed by atoms with E-state index in [0.717, 1.165) is 36.6 Å². The number of benzene rings is 1. The zero-order valence-corrected chi connectivity index (χ0v) is 11.9. The van der Waals surface area contributed by atoms with Crippen molar-refractivity contribution in [3.05, 3.63) is 42.1 Å². The predicted molar refractivity (Wildman–Crippen MR) is 81.1 cm³/mol. The SMILES string of the molecule is O=C(NC1CCCCC1Cl)c1cccc2cccnc12. The fourth-order valence-electron chi connectivity index (χ4n) is 2.78. The van der Waals surface area contributed by atoms with E-state index < -0.39 is 0 Å². The zero-order valence-electron chi connectivity index (χ0n) is 11.2. The lowest BCUT2D eigenvalue weighted by Crippen LogP contribution is -2.42. The Morgan fingerprint density at radius 1 is 1.20 bits per heavy atom. The number of nitrogens with one attached hydrogen (secondary N) is 1. The molecule has 0 saturated heterocycles. The molecule has 2 unspecified atom stereocenters. The molecule has 1 N–H and O–H groups in total. The van der Waals surface area contributed by atoms with Crippen LogP contribution in [-0.4, -0.2) is 22.3 Å². The Morgan fingerprint density at radius 3 is 2.85 bits per heavy atom. The minimum Gasteiger partial charge on any atom is -0.348 e. The molecule has 0 aliphatic heterocycles. The van der Waals surface area contributed by atoms with Gasteiger partial charge < -0.3 is 5.32 Å². The molecule has 4 heteroatoms. The summed E-state index contributed by atoms with van der Waals surface area (Å²) >= 11 is 6.30. The van der Waals surface area contributed by atoms with Crippen LogP contribution in [0.1, 0.15) is 36.0 Å². The average Bonchev–Trinajstić information content (AvgIpc) is 2.49. The van der Waals surface area contributed by atoms with Gasteiger partial charge in [0.25, 0.3) is 5.91 Å². The number of para-hydroxylation sites is 1. The fourth-order valence-corrected chi connectivity index (χ4v) is 3.13. The Morgan fingerprint density at radius 2 is 2.00 bits per heavy atom. The largest absolute Gasteiger partial charge is 0.348 e. The predicted octanol–water partition coefficient (Wildman–Crippen LogP) is 3.51. The van der Waals surface area contributed by atoms with Gasteiger partial charge in [-0.05, 0) is 25.0 Å². The Kier molecular flexibility index (Phi) is 3.88. The molecule has 3 rings (SSSR count). The number of alkyl halides is 1. The molecule has 0 radical (unpaired) electrons. The van der Waals surface area contributed by atoms with E-state index in [2.05, 4.69) is 10.3 Å². The smallest absolute Gasteiger partial charge is 0.253 e. The molecule has 0 bridgehead atoms. The molecular formula is C16H17ClN2O. The summed E-state index contributed by atoms with van der Waals surface area (Å²) in [5.74, 6) is -0.0770. The van der Waals surface area contributed by atoms with Gasteiger partial charge in [0, 0.05) is 17.6 Å². The number of carbonyl (C=O) groups excluding carboxylic acids is 1. The van der Waals surface area contributed by atoms with Crippen LogP contribution in [0.25, 0.3) is 10.9 Å². The van der Waals surface area contributed by atoms with Crippen LogP contribution in [0.15, 0.2) is 36.5 Å².